The first-order valence-electron chi connectivity index (χ1n) is 8.19. The van der Waals surface area contributed by atoms with Gasteiger partial charge in [-0.05, 0) is 25.2 Å². The highest BCUT2D eigenvalue weighted by molar-refractivity contribution is 5.82. The molecule has 5 heteroatoms. The summed E-state index contributed by atoms with van der Waals surface area (Å²) in [6.45, 7) is 12.7. The summed E-state index contributed by atoms with van der Waals surface area (Å²) < 4.78 is 5.60. The smallest absolute Gasteiger partial charge is 0.240 e. The Bertz CT molecular complexity index is 359. The third kappa shape index (κ3) is 4.18. The summed E-state index contributed by atoms with van der Waals surface area (Å²) in [5.41, 5.74) is 5.93. The summed E-state index contributed by atoms with van der Waals surface area (Å²) in [5, 5.41) is 0. The normalized spacial score (nSPS) is 27.7. The van der Waals surface area contributed by atoms with Crippen LogP contribution in [0.1, 0.15) is 40.5 Å². The minimum atomic E-state index is -0.405. The van der Waals surface area contributed by atoms with Gasteiger partial charge in [0.25, 0.3) is 0 Å². The van der Waals surface area contributed by atoms with Gasteiger partial charge < -0.3 is 15.4 Å². The molecule has 2 aliphatic heterocycles. The Balaban J connectivity index is 1.84. The summed E-state index contributed by atoms with van der Waals surface area (Å²) >= 11 is 0. The Morgan fingerprint density at radius 2 is 1.86 bits per heavy atom. The van der Waals surface area contributed by atoms with Gasteiger partial charge in [-0.15, -0.1) is 0 Å². The van der Waals surface area contributed by atoms with Crippen LogP contribution in [0.25, 0.3) is 0 Å². The molecule has 0 bridgehead atoms. The molecule has 0 saturated carbocycles. The lowest BCUT2D eigenvalue weighted by Gasteiger charge is -2.42. The number of hydrogen-bond donors (Lipinski definition) is 1. The zero-order valence-corrected chi connectivity index (χ0v) is 14.0. The Morgan fingerprint density at radius 1 is 1.24 bits per heavy atom. The van der Waals surface area contributed by atoms with Crippen molar-refractivity contribution >= 4 is 5.91 Å². The third-order valence-electron chi connectivity index (χ3n) is 4.76. The Kier molecular flexibility index (Phi) is 5.28. The minimum absolute atomic E-state index is 0.108. The topological polar surface area (TPSA) is 58.8 Å². The molecule has 0 aromatic rings. The fourth-order valence-electron chi connectivity index (χ4n) is 3.20. The molecule has 0 aromatic carbocycles. The van der Waals surface area contributed by atoms with E-state index in [0.717, 1.165) is 45.6 Å². The van der Waals surface area contributed by atoms with Crippen LogP contribution in [0, 0.1) is 5.41 Å². The van der Waals surface area contributed by atoms with E-state index < -0.39 is 6.04 Å². The van der Waals surface area contributed by atoms with Crippen molar-refractivity contribution in [2.45, 2.75) is 58.7 Å². The molecule has 0 radical (unpaired) electrons. The van der Waals surface area contributed by atoms with Gasteiger partial charge in [0.2, 0.25) is 5.91 Å². The molecule has 2 saturated heterocycles. The number of rotatable bonds is 2. The van der Waals surface area contributed by atoms with Crippen molar-refractivity contribution in [3.63, 3.8) is 0 Å². The Morgan fingerprint density at radius 3 is 2.38 bits per heavy atom. The largest absolute Gasteiger partial charge is 0.376 e. The summed E-state index contributed by atoms with van der Waals surface area (Å²) in [6.07, 6.45) is 2.43. The number of amides is 1. The van der Waals surface area contributed by atoms with Crippen LogP contribution in [0.15, 0.2) is 0 Å². The van der Waals surface area contributed by atoms with Crippen molar-refractivity contribution < 1.29 is 9.53 Å². The lowest BCUT2D eigenvalue weighted by atomic mass is 9.86. The monoisotopic (exact) mass is 297 g/mol. The van der Waals surface area contributed by atoms with Crippen LogP contribution in [-0.2, 0) is 9.53 Å². The lowest BCUT2D eigenvalue weighted by Crippen LogP contribution is -2.55. The molecule has 1 unspecified atom stereocenters. The zero-order valence-electron chi connectivity index (χ0n) is 14.0. The molecular weight excluding hydrogens is 266 g/mol. The molecule has 0 aromatic heterocycles. The van der Waals surface area contributed by atoms with Gasteiger partial charge in [-0.3, -0.25) is 9.69 Å². The van der Waals surface area contributed by atoms with Crippen LogP contribution >= 0.6 is 0 Å². The first kappa shape index (κ1) is 16.7. The first-order valence-corrected chi connectivity index (χ1v) is 8.19. The van der Waals surface area contributed by atoms with Gasteiger partial charge >= 0.3 is 0 Å². The molecule has 2 aliphatic rings. The minimum Gasteiger partial charge on any atom is -0.376 e. The molecule has 0 aliphatic carbocycles. The fourth-order valence-corrected chi connectivity index (χ4v) is 3.20. The van der Waals surface area contributed by atoms with Crippen LogP contribution in [0.4, 0.5) is 0 Å². The number of carbonyl (C=O) groups excluding carboxylic acids is 1. The molecule has 1 amide bonds. The molecule has 2 N–H and O–H groups in total. The number of hydrogen-bond acceptors (Lipinski definition) is 4. The predicted molar refractivity (Wildman–Crippen MR) is 84.0 cm³/mol. The molecule has 122 valence electrons. The van der Waals surface area contributed by atoms with E-state index in [9.17, 15) is 4.79 Å². The molecule has 2 heterocycles. The van der Waals surface area contributed by atoms with E-state index in [2.05, 4.69) is 11.8 Å². The highest BCUT2D eigenvalue weighted by Gasteiger charge is 2.34. The second-order valence-electron chi connectivity index (χ2n) is 7.58. The quantitative estimate of drug-likeness (QED) is 0.828. The molecule has 0 spiro atoms. The summed E-state index contributed by atoms with van der Waals surface area (Å²) in [6, 6.07) is 0.184. The number of ether oxygens (including phenoxy) is 1. The number of likely N-dealkylation sites (tertiary alicyclic amines) is 1. The van der Waals surface area contributed by atoms with Gasteiger partial charge in [-0.25, -0.2) is 0 Å². The van der Waals surface area contributed by atoms with E-state index in [-0.39, 0.29) is 11.3 Å². The maximum atomic E-state index is 12.4. The number of piperidine rings is 1. The molecule has 2 fully saturated rings. The second kappa shape index (κ2) is 6.63. The molecule has 5 nitrogen and oxygen atoms in total. The van der Waals surface area contributed by atoms with Gasteiger partial charge in [0.15, 0.2) is 0 Å². The van der Waals surface area contributed by atoms with Crippen molar-refractivity contribution in [1.29, 1.82) is 0 Å². The van der Waals surface area contributed by atoms with Gasteiger partial charge in [0.1, 0.15) is 0 Å². The number of carbonyl (C=O) groups is 1. The van der Waals surface area contributed by atoms with Crippen molar-refractivity contribution in [1.82, 2.24) is 9.80 Å². The van der Waals surface area contributed by atoms with E-state index in [0.29, 0.717) is 12.1 Å². The highest BCUT2D eigenvalue weighted by Crippen LogP contribution is 2.23. The van der Waals surface area contributed by atoms with Gasteiger partial charge in [0.05, 0.1) is 18.8 Å². The van der Waals surface area contributed by atoms with E-state index in [4.69, 9.17) is 10.5 Å². The Labute approximate surface area is 128 Å². The molecule has 2 atom stereocenters. The maximum absolute atomic E-state index is 12.4. The van der Waals surface area contributed by atoms with E-state index in [1.165, 1.54) is 0 Å². The van der Waals surface area contributed by atoms with Crippen molar-refractivity contribution in [2.75, 3.05) is 32.8 Å². The van der Waals surface area contributed by atoms with Crippen LogP contribution in [0.2, 0.25) is 0 Å². The van der Waals surface area contributed by atoms with Crippen LogP contribution in [-0.4, -0.2) is 66.7 Å². The van der Waals surface area contributed by atoms with Gasteiger partial charge in [-0.2, -0.15) is 0 Å². The SMILES string of the molecule is CC1CN(C2CCN(C(=O)[C@@H](N)C(C)(C)C)CC2)CCO1. The van der Waals surface area contributed by atoms with Crippen molar-refractivity contribution in [3.8, 4) is 0 Å². The van der Waals surface area contributed by atoms with Gasteiger partial charge in [-0.1, -0.05) is 20.8 Å². The maximum Gasteiger partial charge on any atom is 0.240 e. The van der Waals surface area contributed by atoms with Crippen LogP contribution < -0.4 is 5.73 Å². The van der Waals surface area contributed by atoms with E-state index in [1.54, 1.807) is 0 Å². The van der Waals surface area contributed by atoms with Crippen LogP contribution in [0.3, 0.4) is 0 Å². The standard InChI is InChI=1S/C16H31N3O2/c1-12-11-19(9-10-21-12)13-5-7-18(8-6-13)15(20)14(17)16(2,3)4/h12-14H,5-11,17H2,1-4H3/t12?,14-/m1/s1. The van der Waals surface area contributed by atoms with Crippen molar-refractivity contribution in [2.24, 2.45) is 11.1 Å². The number of morpholine rings is 1. The predicted octanol–water partition coefficient (Wildman–Crippen LogP) is 1.07. The van der Waals surface area contributed by atoms with Gasteiger partial charge in [0, 0.05) is 32.2 Å². The van der Waals surface area contributed by atoms with E-state index >= 15 is 0 Å². The summed E-state index contributed by atoms with van der Waals surface area (Å²) in [7, 11) is 0. The second-order valence-corrected chi connectivity index (χ2v) is 7.58. The summed E-state index contributed by atoms with van der Waals surface area (Å²) in [5.74, 6) is 0.108. The van der Waals surface area contributed by atoms with Crippen molar-refractivity contribution in [3.05, 3.63) is 0 Å². The van der Waals surface area contributed by atoms with Crippen LogP contribution in [0.5, 0.6) is 0 Å². The average molecular weight is 297 g/mol. The number of nitrogens with zero attached hydrogens (tertiary/aromatic N) is 2. The Hall–Kier alpha value is -0.650. The fraction of sp³-hybridized carbons (Fsp3) is 0.938. The summed E-state index contributed by atoms with van der Waals surface area (Å²) in [4.78, 5) is 16.9. The highest BCUT2D eigenvalue weighted by atomic mass is 16.5. The lowest BCUT2D eigenvalue weighted by molar-refractivity contribution is -0.137. The first-order chi connectivity index (χ1) is 9.79. The van der Waals surface area contributed by atoms with E-state index in [1.807, 2.05) is 25.7 Å². The third-order valence-corrected chi connectivity index (χ3v) is 4.76. The molecule has 2 rings (SSSR count). The molecule has 21 heavy (non-hydrogen) atoms. The zero-order chi connectivity index (χ0) is 15.6. The average Bonchev–Trinajstić information content (AvgIpc) is 2.45. The molecular formula is C16H31N3O2. The number of nitrogens with two attached hydrogens (primary N) is 1.